The highest BCUT2D eigenvalue weighted by Crippen LogP contribution is 2.47. The van der Waals surface area contributed by atoms with Crippen LogP contribution in [0.15, 0.2) is 22.7 Å². The molecule has 2 aliphatic rings. The minimum absolute atomic E-state index is 0.728. The first kappa shape index (κ1) is 11.4. The normalized spacial score (nSPS) is 28.1. The fraction of sp³-hybridized carbons (Fsp3) is 0.500. The van der Waals surface area contributed by atoms with Crippen LogP contribution in [0.5, 0.6) is 0 Å². The Kier molecular flexibility index (Phi) is 2.71. The van der Waals surface area contributed by atoms with Crippen molar-refractivity contribution in [2.45, 2.75) is 18.8 Å². The summed E-state index contributed by atoms with van der Waals surface area (Å²) in [6.07, 6.45) is 2.71. The van der Waals surface area contributed by atoms with Crippen molar-refractivity contribution in [2.24, 2.45) is 11.8 Å². The van der Waals surface area contributed by atoms with Crippen molar-refractivity contribution in [3.63, 3.8) is 0 Å². The van der Waals surface area contributed by atoms with Crippen LogP contribution in [0.4, 0.5) is 0 Å². The Balaban J connectivity index is 1.53. The number of hydrogen-bond acceptors (Lipinski definition) is 3. The highest BCUT2D eigenvalue weighted by molar-refractivity contribution is 9.10. The second-order valence-corrected chi connectivity index (χ2v) is 7.49. The SMILES string of the molecule is Brc1ccc2sc(C3CC(C4CNC4)C3)nc2c1. The van der Waals surface area contributed by atoms with Gasteiger partial charge in [0.05, 0.1) is 15.2 Å². The van der Waals surface area contributed by atoms with Gasteiger partial charge in [-0.3, -0.25) is 0 Å². The molecule has 0 bridgehead atoms. The van der Waals surface area contributed by atoms with Crippen LogP contribution < -0.4 is 5.32 Å². The van der Waals surface area contributed by atoms with E-state index >= 15 is 0 Å². The Labute approximate surface area is 119 Å². The number of hydrogen-bond donors (Lipinski definition) is 1. The Morgan fingerprint density at radius 3 is 2.78 bits per heavy atom. The number of nitrogens with zero attached hydrogens (tertiary/aromatic N) is 1. The molecule has 1 aliphatic heterocycles. The molecule has 4 heteroatoms. The number of aromatic nitrogens is 1. The summed E-state index contributed by atoms with van der Waals surface area (Å²) >= 11 is 5.39. The minimum atomic E-state index is 0.728. The predicted octanol–water partition coefficient (Wildman–Crippen LogP) is 3.77. The molecule has 1 saturated heterocycles. The van der Waals surface area contributed by atoms with Gasteiger partial charge in [-0.05, 0) is 56.0 Å². The summed E-state index contributed by atoms with van der Waals surface area (Å²) in [6, 6.07) is 6.40. The number of thiazole rings is 1. The first-order valence-corrected chi connectivity index (χ1v) is 8.17. The molecule has 0 atom stereocenters. The van der Waals surface area contributed by atoms with Gasteiger partial charge >= 0.3 is 0 Å². The molecule has 2 heterocycles. The third kappa shape index (κ3) is 1.82. The van der Waals surface area contributed by atoms with E-state index in [4.69, 9.17) is 4.98 Å². The Bertz CT molecular complexity index is 584. The molecule has 18 heavy (non-hydrogen) atoms. The van der Waals surface area contributed by atoms with Crippen LogP contribution in [0.3, 0.4) is 0 Å². The molecule has 0 spiro atoms. The second kappa shape index (κ2) is 4.29. The van der Waals surface area contributed by atoms with Crippen molar-refractivity contribution in [3.8, 4) is 0 Å². The van der Waals surface area contributed by atoms with Crippen molar-refractivity contribution in [1.82, 2.24) is 10.3 Å². The van der Waals surface area contributed by atoms with Gasteiger partial charge in [0.1, 0.15) is 0 Å². The van der Waals surface area contributed by atoms with Crippen LogP contribution in [0.25, 0.3) is 10.2 Å². The molecule has 0 unspecified atom stereocenters. The van der Waals surface area contributed by atoms with E-state index in [0.717, 1.165) is 27.7 Å². The van der Waals surface area contributed by atoms with E-state index in [1.54, 1.807) is 0 Å². The Morgan fingerprint density at radius 1 is 1.22 bits per heavy atom. The summed E-state index contributed by atoms with van der Waals surface area (Å²) in [6.45, 7) is 2.48. The van der Waals surface area contributed by atoms with Crippen molar-refractivity contribution in [3.05, 3.63) is 27.7 Å². The van der Waals surface area contributed by atoms with Crippen molar-refractivity contribution >= 4 is 37.5 Å². The molecule has 1 N–H and O–H groups in total. The first-order valence-electron chi connectivity index (χ1n) is 6.56. The van der Waals surface area contributed by atoms with Gasteiger partial charge in [-0.2, -0.15) is 0 Å². The molecule has 1 aliphatic carbocycles. The van der Waals surface area contributed by atoms with Crippen molar-refractivity contribution < 1.29 is 0 Å². The lowest BCUT2D eigenvalue weighted by molar-refractivity contribution is 0.127. The average Bonchev–Trinajstić information content (AvgIpc) is 2.61. The predicted molar refractivity (Wildman–Crippen MR) is 79.1 cm³/mol. The summed E-state index contributed by atoms with van der Waals surface area (Å²) in [5.74, 6) is 2.63. The van der Waals surface area contributed by atoms with E-state index in [9.17, 15) is 0 Å². The summed E-state index contributed by atoms with van der Waals surface area (Å²) in [5, 5.41) is 4.73. The molecule has 94 valence electrons. The number of benzene rings is 1. The van der Waals surface area contributed by atoms with Gasteiger partial charge in [0.15, 0.2) is 0 Å². The van der Waals surface area contributed by atoms with Gasteiger partial charge in [0.2, 0.25) is 0 Å². The van der Waals surface area contributed by atoms with Crippen LogP contribution in [0.1, 0.15) is 23.8 Å². The van der Waals surface area contributed by atoms with E-state index in [2.05, 4.69) is 39.4 Å². The molecule has 2 aromatic rings. The summed E-state index contributed by atoms with van der Waals surface area (Å²) in [7, 11) is 0. The maximum Gasteiger partial charge on any atom is 0.0969 e. The molecular formula is C14H15BrN2S. The molecule has 2 nitrogen and oxygen atoms in total. The van der Waals surface area contributed by atoms with Crippen LogP contribution in [0.2, 0.25) is 0 Å². The molecule has 2 fully saturated rings. The highest BCUT2D eigenvalue weighted by Gasteiger charge is 2.39. The lowest BCUT2D eigenvalue weighted by atomic mass is 9.67. The number of halogens is 1. The van der Waals surface area contributed by atoms with Gasteiger partial charge in [-0.15, -0.1) is 11.3 Å². The minimum Gasteiger partial charge on any atom is -0.316 e. The van der Waals surface area contributed by atoms with E-state index in [1.807, 2.05) is 11.3 Å². The molecular weight excluding hydrogens is 308 g/mol. The standard InChI is InChI=1S/C14H15BrN2S/c15-11-1-2-13-12(5-11)17-14(18-13)9-3-8(4-9)10-6-16-7-10/h1-2,5,8-10,16H,3-4,6-7H2. The lowest BCUT2D eigenvalue weighted by Gasteiger charge is -2.44. The maximum atomic E-state index is 4.81. The smallest absolute Gasteiger partial charge is 0.0969 e. The third-order valence-electron chi connectivity index (χ3n) is 4.37. The highest BCUT2D eigenvalue weighted by atomic mass is 79.9. The number of nitrogens with one attached hydrogen (secondary N) is 1. The third-order valence-corrected chi connectivity index (χ3v) is 6.06. The van der Waals surface area contributed by atoms with E-state index < -0.39 is 0 Å². The van der Waals surface area contributed by atoms with E-state index in [-0.39, 0.29) is 0 Å². The lowest BCUT2D eigenvalue weighted by Crippen LogP contribution is -2.49. The molecule has 1 aromatic heterocycles. The van der Waals surface area contributed by atoms with Gasteiger partial charge in [-0.1, -0.05) is 15.9 Å². The van der Waals surface area contributed by atoms with Crippen LogP contribution in [-0.4, -0.2) is 18.1 Å². The van der Waals surface area contributed by atoms with E-state index in [0.29, 0.717) is 0 Å². The van der Waals surface area contributed by atoms with Gasteiger partial charge < -0.3 is 5.32 Å². The summed E-state index contributed by atoms with van der Waals surface area (Å²) in [5.41, 5.74) is 1.15. The topological polar surface area (TPSA) is 24.9 Å². The zero-order valence-electron chi connectivity index (χ0n) is 10.0. The largest absolute Gasteiger partial charge is 0.316 e. The van der Waals surface area contributed by atoms with Gasteiger partial charge in [0, 0.05) is 10.4 Å². The molecule has 0 amide bonds. The first-order chi connectivity index (χ1) is 8.79. The molecule has 4 rings (SSSR count). The zero-order valence-corrected chi connectivity index (χ0v) is 12.4. The second-order valence-electron chi connectivity index (χ2n) is 5.51. The monoisotopic (exact) mass is 322 g/mol. The summed E-state index contributed by atoms with van der Waals surface area (Å²) < 4.78 is 2.45. The fourth-order valence-electron chi connectivity index (χ4n) is 2.99. The van der Waals surface area contributed by atoms with Crippen LogP contribution in [0, 0.1) is 11.8 Å². The van der Waals surface area contributed by atoms with E-state index in [1.165, 1.54) is 35.6 Å². The summed E-state index contributed by atoms with van der Waals surface area (Å²) in [4.78, 5) is 4.81. The average molecular weight is 323 g/mol. The quantitative estimate of drug-likeness (QED) is 0.910. The Hall–Kier alpha value is -0.450. The van der Waals surface area contributed by atoms with Crippen molar-refractivity contribution in [2.75, 3.05) is 13.1 Å². The molecule has 0 radical (unpaired) electrons. The molecule has 1 aromatic carbocycles. The van der Waals surface area contributed by atoms with Gasteiger partial charge in [-0.25, -0.2) is 4.98 Å². The zero-order chi connectivity index (χ0) is 12.1. The van der Waals surface area contributed by atoms with Crippen LogP contribution in [-0.2, 0) is 0 Å². The van der Waals surface area contributed by atoms with Gasteiger partial charge in [0.25, 0.3) is 0 Å². The Morgan fingerprint density at radius 2 is 2.06 bits per heavy atom. The number of fused-ring (bicyclic) bond motifs is 1. The maximum absolute atomic E-state index is 4.81. The van der Waals surface area contributed by atoms with Crippen LogP contribution >= 0.6 is 27.3 Å². The van der Waals surface area contributed by atoms with Crippen molar-refractivity contribution in [1.29, 1.82) is 0 Å². The fourth-order valence-corrected chi connectivity index (χ4v) is 4.41. The molecule has 1 saturated carbocycles. The number of rotatable bonds is 2.